The van der Waals surface area contributed by atoms with Gasteiger partial charge in [-0.25, -0.2) is 16.8 Å². The van der Waals surface area contributed by atoms with Crippen LogP contribution in [0.3, 0.4) is 0 Å². The van der Waals surface area contributed by atoms with Gasteiger partial charge in [-0.3, -0.25) is 5.32 Å². The average molecular weight is 442 g/mol. The van der Waals surface area contributed by atoms with E-state index in [0.717, 1.165) is 24.3 Å². The molecule has 0 heterocycles. The number of nitrogens with one attached hydrogen (secondary N) is 1. The number of sulfone groups is 1. The Morgan fingerprint density at radius 1 is 1.11 bits per heavy atom. The first-order valence-corrected chi connectivity index (χ1v) is 10.1. The third kappa shape index (κ3) is 6.80. The molecule has 0 amide bonds. The minimum atomic E-state index is -4.94. The Morgan fingerprint density at radius 2 is 1.74 bits per heavy atom. The summed E-state index contributed by atoms with van der Waals surface area (Å²) in [4.78, 5) is -0.309. The Morgan fingerprint density at radius 3 is 2.26 bits per heavy atom. The number of rotatable bonds is 7. The molecule has 0 unspecified atom stereocenters. The summed E-state index contributed by atoms with van der Waals surface area (Å²) >= 11 is 6.05. The van der Waals surface area contributed by atoms with Gasteiger partial charge in [-0.2, -0.15) is 10.2 Å². The number of azo groups is 1. The summed E-state index contributed by atoms with van der Waals surface area (Å²) in [5, 5.41) is 10.4. The molecule has 0 aliphatic rings. The van der Waals surface area contributed by atoms with Gasteiger partial charge in [-0.05, 0) is 49.5 Å². The van der Waals surface area contributed by atoms with Gasteiger partial charge >= 0.3 is 29.6 Å². The maximum Gasteiger partial charge on any atom is 1.00 e. The third-order valence-electron chi connectivity index (χ3n) is 2.95. The molecule has 0 fully saturated rings. The zero-order chi connectivity index (χ0) is 19.4. The number of benzene rings is 2. The Bertz CT molecular complexity index is 1030. The number of halogens is 1. The van der Waals surface area contributed by atoms with Crippen LogP contribution in [-0.4, -0.2) is 35.1 Å². The fourth-order valence-electron chi connectivity index (χ4n) is 1.88. The molecule has 27 heavy (non-hydrogen) atoms. The minimum absolute atomic E-state index is 0. The molecule has 0 aromatic heterocycles. The van der Waals surface area contributed by atoms with Crippen LogP contribution in [0, 0.1) is 0 Å². The summed E-state index contributed by atoms with van der Waals surface area (Å²) < 4.78 is 61.1. The van der Waals surface area contributed by atoms with Crippen LogP contribution in [-0.2, 0) is 20.2 Å². The third-order valence-corrected chi connectivity index (χ3v) is 5.60. The maximum absolute atomic E-state index is 12.7. The molecule has 2 aromatic rings. The van der Waals surface area contributed by atoms with Crippen LogP contribution in [0.4, 0.5) is 5.69 Å². The molecule has 13 heteroatoms. The molecule has 0 saturated heterocycles. The van der Waals surface area contributed by atoms with E-state index in [9.17, 15) is 21.4 Å². The smallest absolute Gasteiger partial charge is 0.716 e. The molecule has 0 aliphatic carbocycles. The van der Waals surface area contributed by atoms with E-state index in [2.05, 4.69) is 19.7 Å². The molecule has 0 radical (unpaired) electrons. The minimum Gasteiger partial charge on any atom is -0.716 e. The number of hydrogen-bond acceptors (Lipinski definition) is 9. The van der Waals surface area contributed by atoms with Gasteiger partial charge < -0.3 is 8.74 Å². The van der Waals surface area contributed by atoms with Crippen molar-refractivity contribution < 1.29 is 55.1 Å². The first-order valence-electron chi connectivity index (χ1n) is 6.95. The SMILES string of the molecule is CNCN=Nc1ccc(S(=O)(=O)c2ccc(OS(=O)(=O)[O-])cc2)c(Cl)c1.[Na+]. The normalized spacial score (nSPS) is 12.0. The van der Waals surface area contributed by atoms with Gasteiger partial charge in [0.25, 0.3) is 10.4 Å². The van der Waals surface area contributed by atoms with E-state index in [-0.39, 0.29) is 50.1 Å². The average Bonchev–Trinajstić information content (AvgIpc) is 2.54. The van der Waals surface area contributed by atoms with E-state index < -0.39 is 20.2 Å². The molecular formula is C14H13ClN3NaO6S2. The fraction of sp³-hybridized carbons (Fsp3) is 0.143. The van der Waals surface area contributed by atoms with E-state index in [4.69, 9.17) is 11.6 Å². The quantitative estimate of drug-likeness (QED) is 0.259. The second-order valence-electron chi connectivity index (χ2n) is 4.83. The van der Waals surface area contributed by atoms with Crippen LogP contribution in [0.1, 0.15) is 0 Å². The summed E-state index contributed by atoms with van der Waals surface area (Å²) in [5.74, 6) is -0.301. The van der Waals surface area contributed by atoms with E-state index in [0.29, 0.717) is 12.4 Å². The van der Waals surface area contributed by atoms with Crippen molar-refractivity contribution in [2.24, 2.45) is 10.2 Å². The zero-order valence-corrected chi connectivity index (χ0v) is 18.7. The van der Waals surface area contributed by atoms with Crippen LogP contribution in [0.15, 0.2) is 62.5 Å². The van der Waals surface area contributed by atoms with Gasteiger partial charge in [-0.1, -0.05) is 11.6 Å². The predicted molar refractivity (Wildman–Crippen MR) is 92.1 cm³/mol. The maximum atomic E-state index is 12.7. The molecular weight excluding hydrogens is 429 g/mol. The van der Waals surface area contributed by atoms with Gasteiger partial charge in [0.15, 0.2) is 0 Å². The zero-order valence-electron chi connectivity index (χ0n) is 14.3. The fourth-order valence-corrected chi connectivity index (χ4v) is 4.01. The number of hydrogen-bond donors (Lipinski definition) is 1. The van der Waals surface area contributed by atoms with E-state index in [1.807, 2.05) is 0 Å². The Labute approximate surface area is 184 Å². The van der Waals surface area contributed by atoms with Crippen LogP contribution in [0.25, 0.3) is 0 Å². The summed E-state index contributed by atoms with van der Waals surface area (Å²) in [7, 11) is -7.22. The van der Waals surface area contributed by atoms with Gasteiger partial charge in [0.05, 0.1) is 20.5 Å². The molecule has 0 bridgehead atoms. The molecule has 2 aromatic carbocycles. The van der Waals surface area contributed by atoms with Crippen LogP contribution in [0.2, 0.25) is 5.02 Å². The van der Waals surface area contributed by atoms with Crippen molar-refractivity contribution in [2.45, 2.75) is 9.79 Å². The van der Waals surface area contributed by atoms with Crippen molar-refractivity contribution in [1.29, 1.82) is 0 Å². The van der Waals surface area contributed by atoms with E-state index >= 15 is 0 Å². The van der Waals surface area contributed by atoms with Crippen molar-refractivity contribution in [1.82, 2.24) is 5.32 Å². The van der Waals surface area contributed by atoms with E-state index in [1.165, 1.54) is 18.2 Å². The Hall–Kier alpha value is -1.05. The molecule has 0 aliphatic heterocycles. The topological polar surface area (TPSA) is 137 Å². The molecule has 1 N–H and O–H groups in total. The predicted octanol–water partition coefficient (Wildman–Crippen LogP) is -0.724. The summed E-state index contributed by atoms with van der Waals surface area (Å²) in [6.07, 6.45) is 0. The van der Waals surface area contributed by atoms with Crippen LogP contribution in [0.5, 0.6) is 5.75 Å². The summed E-state index contributed by atoms with van der Waals surface area (Å²) in [6.45, 7) is 0.297. The molecule has 0 spiro atoms. The molecule has 2 rings (SSSR count). The summed E-state index contributed by atoms with van der Waals surface area (Å²) in [5.41, 5.74) is 0.383. The molecule has 0 saturated carbocycles. The van der Waals surface area contributed by atoms with Gasteiger partial charge in [-0.15, -0.1) is 0 Å². The largest absolute Gasteiger partial charge is 1.00 e. The van der Waals surface area contributed by atoms with Gasteiger partial charge in [0, 0.05) is 0 Å². The van der Waals surface area contributed by atoms with Crippen LogP contribution < -0.4 is 39.1 Å². The molecule has 140 valence electrons. The standard InChI is InChI=1S/C14H14ClN3O6S2.Na/c1-16-9-17-18-10-2-7-14(13(15)8-10)25(19,20)12-5-3-11(4-6-12)24-26(21,22)23;/h2-8,16H,9H2,1H3,(H,21,22,23);/q;+1/p-1. The second kappa shape index (κ2) is 9.94. The first-order chi connectivity index (χ1) is 12.1. The first kappa shape index (κ1) is 24.0. The van der Waals surface area contributed by atoms with Crippen molar-refractivity contribution in [3.05, 3.63) is 47.5 Å². The van der Waals surface area contributed by atoms with Crippen molar-refractivity contribution in [3.8, 4) is 5.75 Å². The monoisotopic (exact) mass is 441 g/mol. The van der Waals surface area contributed by atoms with Crippen molar-refractivity contribution in [2.75, 3.05) is 13.7 Å². The number of nitrogens with zero attached hydrogens (tertiary/aromatic N) is 2. The Balaban J connectivity index is 0.00000364. The van der Waals surface area contributed by atoms with Crippen molar-refractivity contribution >= 4 is 37.5 Å². The summed E-state index contributed by atoms with van der Waals surface area (Å²) in [6, 6.07) is 8.40. The van der Waals surface area contributed by atoms with Gasteiger partial charge in [0.2, 0.25) is 9.84 Å². The van der Waals surface area contributed by atoms with E-state index in [1.54, 1.807) is 7.05 Å². The second-order valence-corrected chi connectivity index (χ2v) is 8.14. The van der Waals surface area contributed by atoms with Crippen LogP contribution >= 0.6 is 11.6 Å². The molecule has 9 nitrogen and oxygen atoms in total. The van der Waals surface area contributed by atoms with Gasteiger partial charge in [0.1, 0.15) is 12.4 Å². The van der Waals surface area contributed by atoms with Crippen molar-refractivity contribution in [3.63, 3.8) is 0 Å². The molecule has 0 atom stereocenters. The Kier molecular flexibility index (Phi) is 8.83.